The number of para-hydroxylation sites is 1. The summed E-state index contributed by atoms with van der Waals surface area (Å²) in [5.41, 5.74) is 3.76. The zero-order chi connectivity index (χ0) is 12.5. The van der Waals surface area contributed by atoms with Crippen LogP contribution in [-0.2, 0) is 13.0 Å². The van der Waals surface area contributed by atoms with Crippen molar-refractivity contribution in [1.82, 2.24) is 15.6 Å². The molecule has 1 aromatic heterocycles. The minimum absolute atomic E-state index is 0.0338. The molecule has 0 saturated carbocycles. The van der Waals surface area contributed by atoms with Gasteiger partial charge in [0.15, 0.2) is 0 Å². The van der Waals surface area contributed by atoms with Crippen LogP contribution in [0.3, 0.4) is 0 Å². The largest absolute Gasteiger partial charge is 0.355 e. The van der Waals surface area contributed by atoms with E-state index in [0.29, 0.717) is 0 Å². The van der Waals surface area contributed by atoms with Crippen molar-refractivity contribution in [1.29, 1.82) is 0 Å². The van der Waals surface area contributed by atoms with E-state index < -0.39 is 0 Å². The van der Waals surface area contributed by atoms with Crippen LogP contribution in [0.25, 0.3) is 10.9 Å². The Morgan fingerprint density at radius 1 is 1.39 bits per heavy atom. The van der Waals surface area contributed by atoms with E-state index in [1.165, 1.54) is 0 Å². The average molecular weight is 241 g/mol. The van der Waals surface area contributed by atoms with Crippen molar-refractivity contribution in [3.05, 3.63) is 41.1 Å². The van der Waals surface area contributed by atoms with Gasteiger partial charge in [0.25, 0.3) is 5.91 Å². The van der Waals surface area contributed by atoms with E-state index >= 15 is 0 Å². The second-order valence-corrected chi connectivity index (χ2v) is 4.44. The van der Waals surface area contributed by atoms with Crippen molar-refractivity contribution in [3.63, 3.8) is 0 Å². The number of benzene rings is 1. The predicted octanol–water partition coefficient (Wildman–Crippen LogP) is 1.24. The number of rotatable bonds is 1. The van der Waals surface area contributed by atoms with Crippen LogP contribution >= 0.6 is 0 Å². The highest BCUT2D eigenvalue weighted by molar-refractivity contribution is 6.07. The summed E-state index contributed by atoms with van der Waals surface area (Å²) in [6.07, 6.45) is 0.879. The van der Waals surface area contributed by atoms with Crippen molar-refractivity contribution in [2.45, 2.75) is 13.0 Å². The number of nitrogens with zero attached hydrogens (tertiary/aromatic N) is 1. The summed E-state index contributed by atoms with van der Waals surface area (Å²) in [7, 11) is 1.67. The fourth-order valence-electron chi connectivity index (χ4n) is 2.50. The van der Waals surface area contributed by atoms with Crippen LogP contribution in [0.15, 0.2) is 24.3 Å². The molecule has 1 aliphatic heterocycles. The van der Waals surface area contributed by atoms with E-state index in [4.69, 9.17) is 0 Å². The Hall–Kier alpha value is -1.94. The molecule has 1 aliphatic rings. The van der Waals surface area contributed by atoms with Crippen LogP contribution in [0.1, 0.15) is 21.6 Å². The van der Waals surface area contributed by atoms with Gasteiger partial charge in [-0.25, -0.2) is 0 Å². The number of hydrogen-bond acceptors (Lipinski definition) is 3. The number of carbonyl (C=O) groups excluding carboxylic acids is 1. The molecule has 2 heterocycles. The molecule has 4 heteroatoms. The fourth-order valence-corrected chi connectivity index (χ4v) is 2.50. The maximum Gasteiger partial charge on any atom is 0.252 e. The molecule has 0 atom stereocenters. The lowest BCUT2D eigenvalue weighted by Crippen LogP contribution is -2.29. The van der Waals surface area contributed by atoms with Crippen LogP contribution in [0.5, 0.6) is 0 Å². The van der Waals surface area contributed by atoms with E-state index in [0.717, 1.165) is 47.2 Å². The van der Waals surface area contributed by atoms with E-state index in [-0.39, 0.29) is 5.91 Å². The molecular weight excluding hydrogens is 226 g/mol. The summed E-state index contributed by atoms with van der Waals surface area (Å²) >= 11 is 0. The maximum absolute atomic E-state index is 12.1. The number of amides is 1. The van der Waals surface area contributed by atoms with E-state index in [1.54, 1.807) is 7.05 Å². The average Bonchev–Trinajstić information content (AvgIpc) is 2.44. The van der Waals surface area contributed by atoms with Gasteiger partial charge in [-0.1, -0.05) is 18.2 Å². The van der Waals surface area contributed by atoms with Crippen molar-refractivity contribution < 1.29 is 4.79 Å². The Morgan fingerprint density at radius 3 is 3.06 bits per heavy atom. The zero-order valence-corrected chi connectivity index (χ0v) is 10.3. The van der Waals surface area contributed by atoms with Gasteiger partial charge in [0, 0.05) is 43.2 Å². The maximum atomic E-state index is 12.1. The number of nitrogens with one attached hydrogen (secondary N) is 2. The first-order valence-electron chi connectivity index (χ1n) is 6.14. The lowest BCUT2D eigenvalue weighted by atomic mass is 9.96. The van der Waals surface area contributed by atoms with Crippen molar-refractivity contribution in [2.24, 2.45) is 0 Å². The molecular formula is C14H15N3O. The Bertz CT molecular complexity index is 622. The first kappa shape index (κ1) is 11.2. The zero-order valence-electron chi connectivity index (χ0n) is 10.3. The van der Waals surface area contributed by atoms with E-state index in [9.17, 15) is 4.79 Å². The second kappa shape index (κ2) is 4.38. The summed E-state index contributed by atoms with van der Waals surface area (Å²) in [4.78, 5) is 16.8. The van der Waals surface area contributed by atoms with Gasteiger partial charge in [0.1, 0.15) is 0 Å². The van der Waals surface area contributed by atoms with Crippen LogP contribution in [0, 0.1) is 0 Å². The van der Waals surface area contributed by atoms with Crippen LogP contribution in [0.2, 0.25) is 0 Å². The molecule has 2 aromatic rings. The highest BCUT2D eigenvalue weighted by Gasteiger charge is 2.21. The van der Waals surface area contributed by atoms with Gasteiger partial charge in [-0.3, -0.25) is 9.78 Å². The molecule has 4 nitrogen and oxygen atoms in total. The molecule has 0 saturated heterocycles. The minimum atomic E-state index is -0.0338. The number of pyridine rings is 1. The number of aromatic nitrogens is 1. The quantitative estimate of drug-likeness (QED) is 0.790. The number of carbonyl (C=O) groups is 1. The third-order valence-electron chi connectivity index (χ3n) is 3.37. The molecule has 2 N–H and O–H groups in total. The highest BCUT2D eigenvalue weighted by Crippen LogP contribution is 2.25. The first-order valence-corrected chi connectivity index (χ1v) is 6.14. The predicted molar refractivity (Wildman–Crippen MR) is 70.5 cm³/mol. The Balaban J connectivity index is 2.36. The molecule has 3 rings (SSSR count). The molecule has 92 valence electrons. The standard InChI is InChI=1S/C14H15N3O/c1-15-14(18)13-9-4-2-3-5-11(9)17-12-6-7-16-8-10(12)13/h2-5,16H,6-8H2,1H3,(H,15,18). The first-order chi connectivity index (χ1) is 8.81. The lowest BCUT2D eigenvalue weighted by molar-refractivity contribution is 0.0963. The third-order valence-corrected chi connectivity index (χ3v) is 3.37. The molecule has 1 amide bonds. The van der Waals surface area contributed by atoms with Gasteiger partial charge in [-0.2, -0.15) is 0 Å². The highest BCUT2D eigenvalue weighted by atomic mass is 16.1. The SMILES string of the molecule is CNC(=O)c1c2c(nc3ccccc13)CCNC2. The molecule has 18 heavy (non-hydrogen) atoms. The van der Waals surface area contributed by atoms with Gasteiger partial charge < -0.3 is 10.6 Å². The smallest absolute Gasteiger partial charge is 0.252 e. The Kier molecular flexibility index (Phi) is 2.72. The van der Waals surface area contributed by atoms with Gasteiger partial charge in [-0.15, -0.1) is 0 Å². The summed E-state index contributed by atoms with van der Waals surface area (Å²) < 4.78 is 0. The fraction of sp³-hybridized carbons (Fsp3) is 0.286. The van der Waals surface area contributed by atoms with Gasteiger partial charge in [0.05, 0.1) is 11.1 Å². The molecule has 0 unspecified atom stereocenters. The molecule has 0 bridgehead atoms. The Labute approximate surface area is 105 Å². The molecule has 0 fully saturated rings. The summed E-state index contributed by atoms with van der Waals surface area (Å²) in [5.74, 6) is -0.0338. The molecule has 0 spiro atoms. The van der Waals surface area contributed by atoms with Crippen LogP contribution in [0.4, 0.5) is 0 Å². The number of fused-ring (bicyclic) bond motifs is 2. The summed E-state index contributed by atoms with van der Waals surface area (Å²) in [6, 6.07) is 7.82. The molecule has 1 aromatic carbocycles. The second-order valence-electron chi connectivity index (χ2n) is 4.44. The van der Waals surface area contributed by atoms with Crippen LogP contribution in [-0.4, -0.2) is 24.5 Å². The lowest BCUT2D eigenvalue weighted by Gasteiger charge is -2.20. The number of hydrogen-bond donors (Lipinski definition) is 2. The van der Waals surface area contributed by atoms with Crippen molar-refractivity contribution >= 4 is 16.8 Å². The van der Waals surface area contributed by atoms with Gasteiger partial charge >= 0.3 is 0 Å². The Morgan fingerprint density at radius 2 is 2.22 bits per heavy atom. The normalized spacial score (nSPS) is 14.3. The van der Waals surface area contributed by atoms with E-state index in [2.05, 4.69) is 15.6 Å². The van der Waals surface area contributed by atoms with Crippen molar-refractivity contribution in [3.8, 4) is 0 Å². The summed E-state index contributed by atoms with van der Waals surface area (Å²) in [5, 5.41) is 6.96. The van der Waals surface area contributed by atoms with Gasteiger partial charge in [-0.05, 0) is 6.07 Å². The third kappa shape index (κ3) is 1.66. The summed E-state index contributed by atoms with van der Waals surface area (Å²) in [6.45, 7) is 1.64. The topological polar surface area (TPSA) is 54.0 Å². The molecule has 0 aliphatic carbocycles. The van der Waals surface area contributed by atoms with Crippen LogP contribution < -0.4 is 10.6 Å². The van der Waals surface area contributed by atoms with E-state index in [1.807, 2.05) is 24.3 Å². The molecule has 0 radical (unpaired) electrons. The van der Waals surface area contributed by atoms with Crippen molar-refractivity contribution in [2.75, 3.05) is 13.6 Å². The monoisotopic (exact) mass is 241 g/mol. The van der Waals surface area contributed by atoms with Gasteiger partial charge in [0.2, 0.25) is 0 Å². The minimum Gasteiger partial charge on any atom is -0.355 e.